The van der Waals surface area contributed by atoms with Crippen LogP contribution in [0, 0.1) is 0 Å². The summed E-state index contributed by atoms with van der Waals surface area (Å²) in [5, 5.41) is 2.94. The molecule has 0 aliphatic carbocycles. The van der Waals surface area contributed by atoms with Gasteiger partial charge in [-0.2, -0.15) is 15.0 Å². The Morgan fingerprint density at radius 1 is 1.38 bits per heavy atom. The van der Waals surface area contributed by atoms with Gasteiger partial charge in [0.15, 0.2) is 0 Å². The van der Waals surface area contributed by atoms with Gasteiger partial charge in [0.05, 0.1) is 5.60 Å². The molecule has 1 aliphatic heterocycles. The number of hydrogen-bond donors (Lipinski definition) is 2. The first-order valence-electron chi connectivity index (χ1n) is 6.90. The number of anilines is 2. The monoisotopic (exact) mass is 294 g/mol. The number of carbonyl (C=O) groups excluding carboxylic acids is 1. The molecule has 1 saturated heterocycles. The highest BCUT2D eigenvalue weighted by atomic mass is 16.5. The summed E-state index contributed by atoms with van der Waals surface area (Å²) in [5.74, 6) is 0.0940. The number of rotatable bonds is 3. The summed E-state index contributed by atoms with van der Waals surface area (Å²) in [6.07, 6.45) is 1.52. The van der Waals surface area contributed by atoms with E-state index in [4.69, 9.17) is 10.5 Å². The molecule has 0 spiro atoms. The van der Waals surface area contributed by atoms with Crippen LogP contribution in [0.5, 0.6) is 0 Å². The molecule has 1 aromatic rings. The number of nitrogen functional groups attached to an aromatic ring is 1. The topological polar surface area (TPSA) is 106 Å². The average Bonchev–Trinajstić information content (AvgIpc) is 2.36. The molecule has 1 aliphatic rings. The first kappa shape index (κ1) is 15.4. The molecular formula is C13H22N6O2. The molecule has 116 valence electrons. The second-order valence-electron chi connectivity index (χ2n) is 5.98. The van der Waals surface area contributed by atoms with E-state index in [0.717, 1.165) is 12.8 Å². The van der Waals surface area contributed by atoms with Crippen molar-refractivity contribution >= 4 is 17.8 Å². The van der Waals surface area contributed by atoms with E-state index in [0.29, 0.717) is 12.6 Å². The zero-order valence-electron chi connectivity index (χ0n) is 12.9. The number of hydrogen-bond acceptors (Lipinski definition) is 7. The fraction of sp³-hybridized carbons (Fsp3) is 0.692. The number of amides is 1. The highest BCUT2D eigenvalue weighted by Crippen LogP contribution is 2.24. The van der Waals surface area contributed by atoms with Crippen LogP contribution in [0.3, 0.4) is 0 Å². The van der Waals surface area contributed by atoms with E-state index in [1.807, 2.05) is 13.8 Å². The molecule has 2 rings (SSSR count). The Hall–Kier alpha value is -1.96. The van der Waals surface area contributed by atoms with Crippen molar-refractivity contribution in [2.75, 3.05) is 31.3 Å². The summed E-state index contributed by atoms with van der Waals surface area (Å²) < 4.78 is 5.63. The standard InChI is InChI=1S/C13H22N6O2/c1-13(2)7-8(5-6-21-13)15-10(20)9-16-11(14)18-12(17-9)19(3)4/h8H,5-7H2,1-4H3,(H,15,20)(H2,14,16,17,18). The molecule has 3 N–H and O–H groups in total. The summed E-state index contributed by atoms with van der Waals surface area (Å²) in [4.78, 5) is 25.9. The van der Waals surface area contributed by atoms with Crippen molar-refractivity contribution < 1.29 is 9.53 Å². The van der Waals surface area contributed by atoms with Crippen LogP contribution in [0.15, 0.2) is 0 Å². The van der Waals surface area contributed by atoms with Crippen LogP contribution < -0.4 is 16.0 Å². The summed E-state index contributed by atoms with van der Waals surface area (Å²) >= 11 is 0. The second kappa shape index (κ2) is 5.80. The maximum atomic E-state index is 12.3. The van der Waals surface area contributed by atoms with Crippen molar-refractivity contribution in [3.63, 3.8) is 0 Å². The first-order chi connectivity index (χ1) is 9.77. The van der Waals surface area contributed by atoms with E-state index in [1.54, 1.807) is 19.0 Å². The Labute approximate surface area is 124 Å². The highest BCUT2D eigenvalue weighted by molar-refractivity contribution is 5.91. The Morgan fingerprint density at radius 3 is 2.71 bits per heavy atom. The minimum atomic E-state index is -0.338. The molecule has 0 radical (unpaired) electrons. The minimum absolute atomic E-state index is 0.0335. The maximum absolute atomic E-state index is 12.3. The van der Waals surface area contributed by atoms with Gasteiger partial charge in [0, 0.05) is 26.7 Å². The largest absolute Gasteiger partial charge is 0.375 e. The van der Waals surface area contributed by atoms with Crippen LogP contribution in [-0.4, -0.2) is 53.2 Å². The Morgan fingerprint density at radius 2 is 2.10 bits per heavy atom. The van der Waals surface area contributed by atoms with Crippen LogP contribution >= 0.6 is 0 Å². The quantitative estimate of drug-likeness (QED) is 0.820. The lowest BCUT2D eigenvalue weighted by Crippen LogP contribution is -2.46. The first-order valence-corrected chi connectivity index (χ1v) is 6.90. The van der Waals surface area contributed by atoms with Gasteiger partial charge < -0.3 is 20.7 Å². The Kier molecular flexibility index (Phi) is 4.26. The lowest BCUT2D eigenvalue weighted by atomic mass is 9.94. The Balaban J connectivity index is 2.10. The molecule has 1 unspecified atom stereocenters. The van der Waals surface area contributed by atoms with Crippen LogP contribution in [0.2, 0.25) is 0 Å². The van der Waals surface area contributed by atoms with Gasteiger partial charge in [-0.05, 0) is 26.7 Å². The molecule has 0 aromatic carbocycles. The van der Waals surface area contributed by atoms with E-state index in [2.05, 4.69) is 20.3 Å². The van der Waals surface area contributed by atoms with Crippen LogP contribution in [0.25, 0.3) is 0 Å². The lowest BCUT2D eigenvalue weighted by Gasteiger charge is -2.35. The van der Waals surface area contributed by atoms with Crippen molar-refractivity contribution in [1.82, 2.24) is 20.3 Å². The number of ether oxygens (including phenoxy) is 1. The van der Waals surface area contributed by atoms with E-state index in [1.165, 1.54) is 0 Å². The highest BCUT2D eigenvalue weighted by Gasteiger charge is 2.30. The average molecular weight is 294 g/mol. The second-order valence-corrected chi connectivity index (χ2v) is 5.98. The summed E-state index contributed by atoms with van der Waals surface area (Å²) in [7, 11) is 3.55. The number of nitrogens with one attached hydrogen (secondary N) is 1. The summed E-state index contributed by atoms with van der Waals surface area (Å²) in [5.41, 5.74) is 5.39. The van der Waals surface area contributed by atoms with Crippen LogP contribution in [-0.2, 0) is 4.74 Å². The normalized spacial score (nSPS) is 20.9. The van der Waals surface area contributed by atoms with E-state index in [-0.39, 0.29) is 29.3 Å². The van der Waals surface area contributed by atoms with Crippen molar-refractivity contribution in [1.29, 1.82) is 0 Å². The molecule has 0 bridgehead atoms. The number of aromatic nitrogens is 3. The molecule has 8 nitrogen and oxygen atoms in total. The van der Waals surface area contributed by atoms with Crippen molar-refractivity contribution in [2.45, 2.75) is 38.3 Å². The number of nitrogens with zero attached hydrogens (tertiary/aromatic N) is 4. The third-order valence-electron chi connectivity index (χ3n) is 3.28. The minimum Gasteiger partial charge on any atom is -0.375 e. The Bertz CT molecular complexity index is 531. The van der Waals surface area contributed by atoms with Crippen molar-refractivity contribution in [2.24, 2.45) is 0 Å². The van der Waals surface area contributed by atoms with Gasteiger partial charge in [-0.15, -0.1) is 0 Å². The number of carbonyl (C=O) groups is 1. The third-order valence-corrected chi connectivity index (χ3v) is 3.28. The third kappa shape index (κ3) is 4.01. The zero-order chi connectivity index (χ0) is 15.6. The maximum Gasteiger partial charge on any atom is 0.289 e. The van der Waals surface area contributed by atoms with Gasteiger partial charge in [0.2, 0.25) is 17.7 Å². The molecule has 1 aromatic heterocycles. The zero-order valence-corrected chi connectivity index (χ0v) is 12.9. The van der Waals surface area contributed by atoms with Crippen molar-refractivity contribution in [3.05, 3.63) is 5.82 Å². The van der Waals surface area contributed by atoms with Crippen LogP contribution in [0.1, 0.15) is 37.3 Å². The fourth-order valence-electron chi connectivity index (χ4n) is 2.29. The SMILES string of the molecule is CN(C)c1nc(N)nc(C(=O)NC2CCOC(C)(C)C2)n1. The molecule has 0 saturated carbocycles. The van der Waals surface area contributed by atoms with Crippen molar-refractivity contribution in [3.8, 4) is 0 Å². The van der Waals surface area contributed by atoms with E-state index >= 15 is 0 Å². The van der Waals surface area contributed by atoms with Gasteiger partial charge >= 0.3 is 0 Å². The summed E-state index contributed by atoms with van der Waals surface area (Å²) in [6, 6.07) is 0.0436. The smallest absolute Gasteiger partial charge is 0.289 e. The molecule has 2 heterocycles. The molecule has 21 heavy (non-hydrogen) atoms. The van der Waals surface area contributed by atoms with E-state index in [9.17, 15) is 4.79 Å². The van der Waals surface area contributed by atoms with Crippen LogP contribution in [0.4, 0.5) is 11.9 Å². The van der Waals surface area contributed by atoms with E-state index < -0.39 is 0 Å². The predicted molar refractivity (Wildman–Crippen MR) is 79.1 cm³/mol. The predicted octanol–water partition coefficient (Wildman–Crippen LogP) is 0.207. The lowest BCUT2D eigenvalue weighted by molar-refractivity contribution is -0.0615. The fourth-order valence-corrected chi connectivity index (χ4v) is 2.29. The van der Waals surface area contributed by atoms with Gasteiger partial charge in [0.1, 0.15) is 0 Å². The van der Waals surface area contributed by atoms with Gasteiger partial charge in [-0.25, -0.2) is 0 Å². The number of nitrogens with two attached hydrogens (primary N) is 1. The molecule has 8 heteroatoms. The molecule has 1 fully saturated rings. The van der Waals surface area contributed by atoms with Gasteiger partial charge in [-0.3, -0.25) is 4.79 Å². The summed E-state index contributed by atoms with van der Waals surface area (Å²) in [6.45, 7) is 4.65. The molecular weight excluding hydrogens is 272 g/mol. The van der Waals surface area contributed by atoms with Gasteiger partial charge in [0.25, 0.3) is 5.91 Å². The van der Waals surface area contributed by atoms with Gasteiger partial charge in [-0.1, -0.05) is 0 Å². The molecule has 1 amide bonds. The molecule has 1 atom stereocenters.